The van der Waals surface area contributed by atoms with Crippen LogP contribution in [-0.2, 0) is 0 Å². The van der Waals surface area contributed by atoms with E-state index in [0.717, 1.165) is 10.6 Å². The van der Waals surface area contributed by atoms with Crippen molar-refractivity contribution in [2.45, 2.75) is 20.8 Å². The number of thiophene rings is 1. The van der Waals surface area contributed by atoms with E-state index in [0.29, 0.717) is 16.4 Å². The molecule has 0 aliphatic rings. The third kappa shape index (κ3) is 2.80. The fraction of sp³-hybridized carbons (Fsp3) is 0.250. The maximum Gasteiger partial charge on any atom is 0.338 e. The molecule has 0 unspecified atom stereocenters. The molecule has 0 atom stereocenters. The molecular formula is C12H14N4O3S. The molecule has 2 aromatic rings. The smallest absolute Gasteiger partial charge is 0.338 e. The van der Waals surface area contributed by atoms with E-state index in [-0.39, 0.29) is 5.56 Å². The fourth-order valence-corrected chi connectivity index (χ4v) is 2.75. The van der Waals surface area contributed by atoms with E-state index in [4.69, 9.17) is 0 Å². The zero-order valence-corrected chi connectivity index (χ0v) is 12.0. The number of carboxylic acid groups (broad SMARTS) is 1. The van der Waals surface area contributed by atoms with Crippen molar-refractivity contribution < 1.29 is 14.7 Å². The Bertz CT molecular complexity index is 674. The van der Waals surface area contributed by atoms with Crippen LogP contribution in [0.1, 0.15) is 26.5 Å². The Morgan fingerprint density at radius 2 is 2.00 bits per heavy atom. The number of anilines is 2. The molecule has 0 saturated heterocycles. The first kappa shape index (κ1) is 14.1. The lowest BCUT2D eigenvalue weighted by molar-refractivity contribution is 0.0697. The average Bonchev–Trinajstić information content (AvgIpc) is 2.84. The summed E-state index contributed by atoms with van der Waals surface area (Å²) in [5.74, 6) is -0.681. The number of carboxylic acids is 1. The number of H-pyrrole nitrogens is 1. The number of hydrogen-bond donors (Lipinski definition) is 4. The number of carbonyl (C=O) groups excluding carboxylic acids is 1. The molecule has 4 N–H and O–H groups in total. The van der Waals surface area contributed by atoms with Crippen molar-refractivity contribution in [2.24, 2.45) is 0 Å². The fourth-order valence-electron chi connectivity index (χ4n) is 1.71. The summed E-state index contributed by atoms with van der Waals surface area (Å²) in [7, 11) is 0. The number of aromatic carboxylic acids is 1. The Balaban J connectivity index is 2.16. The molecule has 2 amide bonds. The second kappa shape index (κ2) is 5.33. The Hall–Kier alpha value is -2.35. The molecule has 0 fully saturated rings. The predicted molar refractivity (Wildman–Crippen MR) is 76.7 cm³/mol. The van der Waals surface area contributed by atoms with Gasteiger partial charge in [-0.15, -0.1) is 11.3 Å². The second-order valence-corrected chi connectivity index (χ2v) is 5.53. The first-order valence-corrected chi connectivity index (χ1v) is 6.63. The molecule has 0 saturated carbocycles. The van der Waals surface area contributed by atoms with Crippen molar-refractivity contribution in [2.75, 3.05) is 10.6 Å². The van der Waals surface area contributed by atoms with Crippen LogP contribution < -0.4 is 10.6 Å². The van der Waals surface area contributed by atoms with Crippen molar-refractivity contribution in [1.29, 1.82) is 0 Å². The van der Waals surface area contributed by atoms with Gasteiger partial charge >= 0.3 is 12.0 Å². The highest BCUT2D eigenvalue weighted by Crippen LogP contribution is 2.32. The van der Waals surface area contributed by atoms with Gasteiger partial charge in [0.05, 0.1) is 5.56 Å². The first-order valence-electron chi connectivity index (χ1n) is 5.81. The lowest BCUT2D eigenvalue weighted by Gasteiger charge is -2.04. The van der Waals surface area contributed by atoms with Crippen LogP contribution in [0, 0.1) is 20.8 Å². The maximum absolute atomic E-state index is 11.8. The van der Waals surface area contributed by atoms with Crippen LogP contribution in [0.5, 0.6) is 0 Å². The third-order valence-electron chi connectivity index (χ3n) is 2.77. The van der Waals surface area contributed by atoms with Crippen molar-refractivity contribution in [3.63, 3.8) is 0 Å². The number of amides is 2. The molecule has 0 radical (unpaired) electrons. The second-order valence-electron chi connectivity index (χ2n) is 4.31. The van der Waals surface area contributed by atoms with Gasteiger partial charge in [0, 0.05) is 16.6 Å². The zero-order chi connectivity index (χ0) is 14.9. The van der Waals surface area contributed by atoms with Crippen molar-refractivity contribution in [3.05, 3.63) is 27.8 Å². The monoisotopic (exact) mass is 294 g/mol. The molecule has 0 aliphatic heterocycles. The van der Waals surface area contributed by atoms with E-state index in [2.05, 4.69) is 20.8 Å². The van der Waals surface area contributed by atoms with Crippen molar-refractivity contribution in [1.82, 2.24) is 10.2 Å². The van der Waals surface area contributed by atoms with Gasteiger partial charge in [-0.1, -0.05) is 0 Å². The van der Waals surface area contributed by atoms with Gasteiger partial charge in [-0.25, -0.2) is 9.59 Å². The Morgan fingerprint density at radius 1 is 1.30 bits per heavy atom. The lowest BCUT2D eigenvalue weighted by Crippen LogP contribution is -2.20. The predicted octanol–water partition coefficient (Wildman–Crippen LogP) is 2.74. The minimum absolute atomic E-state index is 0.126. The SMILES string of the molecule is Cc1cc(NC(=O)Nc2sc(C)c(C)c2C(=O)O)n[nH]1. The Morgan fingerprint density at radius 3 is 2.55 bits per heavy atom. The highest BCUT2D eigenvalue weighted by molar-refractivity contribution is 7.16. The van der Waals surface area contributed by atoms with Gasteiger partial charge in [0.1, 0.15) is 5.00 Å². The summed E-state index contributed by atoms with van der Waals surface area (Å²) in [5.41, 5.74) is 1.60. The molecule has 0 aromatic carbocycles. The number of nitrogens with zero attached hydrogens (tertiary/aromatic N) is 1. The van der Waals surface area contributed by atoms with Gasteiger partial charge in [0.25, 0.3) is 0 Å². The number of urea groups is 1. The normalized spacial score (nSPS) is 10.3. The molecule has 2 rings (SSSR count). The molecule has 0 aliphatic carbocycles. The standard InChI is InChI=1S/C12H14N4O3S/c1-5-4-8(16-15-5)13-12(19)14-10-9(11(17)18)6(2)7(3)20-10/h4H,1-3H3,(H,17,18)(H3,13,14,15,16,19). The largest absolute Gasteiger partial charge is 0.478 e. The van der Waals surface area contributed by atoms with Crippen molar-refractivity contribution >= 4 is 34.2 Å². The van der Waals surface area contributed by atoms with Crippen LogP contribution in [0.3, 0.4) is 0 Å². The summed E-state index contributed by atoms with van der Waals surface area (Å²) in [6.07, 6.45) is 0. The minimum atomic E-state index is -1.06. The topological polar surface area (TPSA) is 107 Å². The summed E-state index contributed by atoms with van der Waals surface area (Å²) in [6.45, 7) is 5.34. The van der Waals surface area contributed by atoms with Gasteiger partial charge < -0.3 is 5.11 Å². The van der Waals surface area contributed by atoms with E-state index in [1.165, 1.54) is 11.3 Å². The highest BCUT2D eigenvalue weighted by atomic mass is 32.1. The average molecular weight is 294 g/mol. The molecule has 8 heteroatoms. The van der Waals surface area contributed by atoms with Gasteiger partial charge in [0.15, 0.2) is 5.82 Å². The van der Waals surface area contributed by atoms with E-state index >= 15 is 0 Å². The Kier molecular flexibility index (Phi) is 3.75. The maximum atomic E-state index is 11.8. The number of aromatic amines is 1. The number of rotatable bonds is 3. The van der Waals surface area contributed by atoms with E-state index in [9.17, 15) is 14.7 Å². The van der Waals surface area contributed by atoms with Crippen LogP contribution in [-0.4, -0.2) is 27.3 Å². The Labute approximate surface area is 119 Å². The number of aryl methyl sites for hydroxylation is 2. The zero-order valence-electron chi connectivity index (χ0n) is 11.2. The lowest BCUT2D eigenvalue weighted by atomic mass is 10.1. The summed E-state index contributed by atoms with van der Waals surface area (Å²) >= 11 is 1.23. The van der Waals surface area contributed by atoms with Gasteiger partial charge in [-0.3, -0.25) is 15.7 Å². The highest BCUT2D eigenvalue weighted by Gasteiger charge is 2.20. The molecule has 0 bridgehead atoms. The van der Waals surface area contributed by atoms with Crippen LogP contribution in [0.25, 0.3) is 0 Å². The van der Waals surface area contributed by atoms with Crippen LogP contribution in [0.2, 0.25) is 0 Å². The minimum Gasteiger partial charge on any atom is -0.478 e. The molecule has 0 spiro atoms. The van der Waals surface area contributed by atoms with Crippen LogP contribution in [0.15, 0.2) is 6.07 Å². The first-order chi connectivity index (χ1) is 9.38. The van der Waals surface area contributed by atoms with Crippen LogP contribution in [0.4, 0.5) is 15.6 Å². The summed E-state index contributed by atoms with van der Waals surface area (Å²) in [6, 6.07) is 1.14. The quantitative estimate of drug-likeness (QED) is 0.698. The number of aromatic nitrogens is 2. The van der Waals surface area contributed by atoms with Gasteiger partial charge in [0.2, 0.25) is 0 Å². The summed E-state index contributed by atoms with van der Waals surface area (Å²) in [5, 5.41) is 21.1. The molecule has 106 valence electrons. The van der Waals surface area contributed by atoms with E-state index in [1.54, 1.807) is 13.0 Å². The van der Waals surface area contributed by atoms with Gasteiger partial charge in [-0.2, -0.15) is 5.10 Å². The molecular weight excluding hydrogens is 280 g/mol. The number of nitrogens with one attached hydrogen (secondary N) is 3. The molecule has 20 heavy (non-hydrogen) atoms. The number of carbonyl (C=O) groups is 2. The third-order valence-corrected chi connectivity index (χ3v) is 3.90. The van der Waals surface area contributed by atoms with Gasteiger partial charge in [-0.05, 0) is 26.3 Å². The summed E-state index contributed by atoms with van der Waals surface area (Å²) < 4.78 is 0. The van der Waals surface area contributed by atoms with E-state index in [1.807, 2.05) is 13.8 Å². The summed E-state index contributed by atoms with van der Waals surface area (Å²) in [4.78, 5) is 23.9. The molecule has 2 aromatic heterocycles. The number of hydrogen-bond acceptors (Lipinski definition) is 4. The molecule has 2 heterocycles. The molecule has 7 nitrogen and oxygen atoms in total. The van der Waals surface area contributed by atoms with Crippen LogP contribution >= 0.6 is 11.3 Å². The van der Waals surface area contributed by atoms with Crippen molar-refractivity contribution in [3.8, 4) is 0 Å². The van der Waals surface area contributed by atoms with E-state index < -0.39 is 12.0 Å².